The number of anilines is 1. The highest BCUT2D eigenvalue weighted by molar-refractivity contribution is 6.43. The summed E-state index contributed by atoms with van der Waals surface area (Å²) in [6, 6.07) is 5.49. The van der Waals surface area contributed by atoms with E-state index in [1.807, 2.05) is 39.8 Å². The molecule has 0 aliphatic carbocycles. The second-order valence-electron chi connectivity index (χ2n) is 8.94. The number of halogens is 2. The maximum absolute atomic E-state index is 12.2. The van der Waals surface area contributed by atoms with E-state index in [9.17, 15) is 4.79 Å². The van der Waals surface area contributed by atoms with Crippen LogP contribution in [0.15, 0.2) is 24.4 Å². The molecule has 1 saturated heterocycles. The number of alkyl carbamates (subject to hydrolysis) is 1. The van der Waals surface area contributed by atoms with Crippen LogP contribution >= 0.6 is 23.2 Å². The van der Waals surface area contributed by atoms with E-state index in [0.717, 1.165) is 48.7 Å². The smallest absolute Gasteiger partial charge is 0.408 e. The molecular weight excluding hydrogens is 423 g/mol. The van der Waals surface area contributed by atoms with E-state index in [0.29, 0.717) is 10.0 Å². The second kappa shape index (κ2) is 8.60. The largest absolute Gasteiger partial charge is 0.444 e. The summed E-state index contributed by atoms with van der Waals surface area (Å²) in [6.07, 6.45) is 2.96. The van der Waals surface area contributed by atoms with Crippen LogP contribution in [0.4, 0.5) is 10.6 Å². The van der Waals surface area contributed by atoms with Crippen LogP contribution in [0.25, 0.3) is 11.3 Å². The molecule has 2 heterocycles. The standard InChI is InChI=1S/C22H28Cl2N4O2/c1-14-19(15-7-6-8-16(23)18(15)24)25-13-17(26-14)28-11-9-22(5,10-12-28)27-20(29)30-21(2,3)4/h6-8,13H,9-12H2,1-5H3,(H,27,29). The van der Waals surface area contributed by atoms with Gasteiger partial charge in [0.25, 0.3) is 0 Å². The number of carbonyl (C=O) groups is 1. The number of rotatable bonds is 3. The highest BCUT2D eigenvalue weighted by atomic mass is 35.5. The molecule has 1 aromatic heterocycles. The van der Waals surface area contributed by atoms with Crippen LogP contribution < -0.4 is 10.2 Å². The van der Waals surface area contributed by atoms with Gasteiger partial charge < -0.3 is 15.0 Å². The van der Waals surface area contributed by atoms with Gasteiger partial charge in [0.2, 0.25) is 0 Å². The van der Waals surface area contributed by atoms with Crippen LogP contribution in [0.2, 0.25) is 10.0 Å². The highest BCUT2D eigenvalue weighted by Crippen LogP contribution is 2.34. The number of aromatic nitrogens is 2. The van der Waals surface area contributed by atoms with Crippen LogP contribution in [0.3, 0.4) is 0 Å². The van der Waals surface area contributed by atoms with E-state index >= 15 is 0 Å². The van der Waals surface area contributed by atoms with Crippen molar-refractivity contribution in [3.8, 4) is 11.3 Å². The number of hydrogen-bond donors (Lipinski definition) is 1. The fraction of sp³-hybridized carbons (Fsp3) is 0.500. The lowest BCUT2D eigenvalue weighted by Crippen LogP contribution is -2.54. The third-order valence-electron chi connectivity index (χ3n) is 5.13. The van der Waals surface area contributed by atoms with Gasteiger partial charge in [-0.1, -0.05) is 35.3 Å². The quantitative estimate of drug-likeness (QED) is 0.654. The first-order chi connectivity index (χ1) is 14.0. The average molecular weight is 451 g/mol. The van der Waals surface area contributed by atoms with E-state index < -0.39 is 5.60 Å². The molecule has 0 spiro atoms. The van der Waals surface area contributed by atoms with Gasteiger partial charge in [-0.15, -0.1) is 0 Å². The average Bonchev–Trinajstić information content (AvgIpc) is 2.63. The Bertz CT molecular complexity index is 935. The van der Waals surface area contributed by atoms with E-state index in [1.165, 1.54) is 0 Å². The zero-order valence-electron chi connectivity index (χ0n) is 18.1. The summed E-state index contributed by atoms with van der Waals surface area (Å²) in [6.45, 7) is 11.1. The topological polar surface area (TPSA) is 67.4 Å². The van der Waals surface area contributed by atoms with Gasteiger partial charge in [-0.3, -0.25) is 4.98 Å². The summed E-state index contributed by atoms with van der Waals surface area (Å²) in [7, 11) is 0. The van der Waals surface area contributed by atoms with E-state index in [2.05, 4.69) is 22.1 Å². The monoisotopic (exact) mass is 450 g/mol. The number of nitrogens with zero attached hydrogens (tertiary/aromatic N) is 3. The molecule has 6 nitrogen and oxygen atoms in total. The number of hydrogen-bond acceptors (Lipinski definition) is 5. The van der Waals surface area contributed by atoms with Gasteiger partial charge >= 0.3 is 6.09 Å². The van der Waals surface area contributed by atoms with Crippen LogP contribution in [0.1, 0.15) is 46.2 Å². The Labute approximate surface area is 187 Å². The normalized spacial score (nSPS) is 16.3. The first-order valence-electron chi connectivity index (χ1n) is 10.0. The zero-order chi connectivity index (χ0) is 22.1. The predicted octanol–water partition coefficient (Wildman–Crippen LogP) is 5.64. The lowest BCUT2D eigenvalue weighted by atomic mass is 9.90. The fourth-order valence-corrected chi connectivity index (χ4v) is 3.87. The fourth-order valence-electron chi connectivity index (χ4n) is 3.48. The van der Waals surface area contributed by atoms with Crippen molar-refractivity contribution < 1.29 is 9.53 Å². The Morgan fingerprint density at radius 3 is 2.50 bits per heavy atom. The molecule has 0 atom stereocenters. The van der Waals surface area contributed by atoms with Gasteiger partial charge in [0.15, 0.2) is 0 Å². The van der Waals surface area contributed by atoms with Crippen molar-refractivity contribution in [1.82, 2.24) is 15.3 Å². The van der Waals surface area contributed by atoms with Crippen LogP contribution in [-0.4, -0.2) is 40.3 Å². The number of carbonyl (C=O) groups excluding carboxylic acids is 1. The van der Waals surface area contributed by atoms with Crippen molar-refractivity contribution in [2.45, 2.75) is 58.6 Å². The zero-order valence-corrected chi connectivity index (χ0v) is 19.6. The summed E-state index contributed by atoms with van der Waals surface area (Å²) in [5, 5.41) is 4.00. The molecule has 162 valence electrons. The van der Waals surface area contributed by atoms with E-state index in [-0.39, 0.29) is 11.6 Å². The van der Waals surface area contributed by atoms with Gasteiger partial charge in [-0.2, -0.15) is 0 Å². The van der Waals surface area contributed by atoms with Gasteiger partial charge in [0, 0.05) is 24.2 Å². The molecule has 8 heteroatoms. The van der Waals surface area contributed by atoms with Crippen molar-refractivity contribution in [3.05, 3.63) is 40.1 Å². The van der Waals surface area contributed by atoms with Gasteiger partial charge in [-0.05, 0) is 53.5 Å². The minimum atomic E-state index is -0.512. The Hall–Kier alpha value is -2.05. The Kier molecular flexibility index (Phi) is 6.48. The first-order valence-corrected chi connectivity index (χ1v) is 10.8. The van der Waals surface area contributed by atoms with E-state index in [4.69, 9.17) is 32.9 Å². The molecular formula is C22H28Cl2N4O2. The lowest BCUT2D eigenvalue weighted by molar-refractivity contribution is 0.0448. The number of piperidine rings is 1. The maximum atomic E-state index is 12.2. The van der Waals surface area contributed by atoms with Gasteiger partial charge in [-0.25, -0.2) is 9.78 Å². The Morgan fingerprint density at radius 2 is 1.90 bits per heavy atom. The third-order valence-corrected chi connectivity index (χ3v) is 5.95. The summed E-state index contributed by atoms with van der Waals surface area (Å²) >= 11 is 12.5. The summed E-state index contributed by atoms with van der Waals surface area (Å²) < 4.78 is 5.40. The Morgan fingerprint density at radius 1 is 1.23 bits per heavy atom. The number of benzene rings is 1. The molecule has 3 rings (SSSR count). The Balaban J connectivity index is 1.68. The number of amides is 1. The predicted molar refractivity (Wildman–Crippen MR) is 121 cm³/mol. The van der Waals surface area contributed by atoms with Gasteiger partial charge in [0.05, 0.1) is 27.6 Å². The minimum Gasteiger partial charge on any atom is -0.444 e. The van der Waals surface area contributed by atoms with Crippen molar-refractivity contribution >= 4 is 35.1 Å². The van der Waals surface area contributed by atoms with Gasteiger partial charge in [0.1, 0.15) is 11.4 Å². The lowest BCUT2D eigenvalue weighted by Gasteiger charge is -2.40. The van der Waals surface area contributed by atoms with Crippen molar-refractivity contribution in [2.75, 3.05) is 18.0 Å². The molecule has 0 unspecified atom stereocenters. The van der Waals surface area contributed by atoms with Crippen molar-refractivity contribution in [2.24, 2.45) is 0 Å². The molecule has 1 aliphatic heterocycles. The molecule has 1 aliphatic rings. The maximum Gasteiger partial charge on any atom is 0.408 e. The first kappa shape index (κ1) is 22.6. The molecule has 1 N–H and O–H groups in total. The summed E-state index contributed by atoms with van der Waals surface area (Å²) in [4.78, 5) is 23.7. The number of aryl methyl sites for hydroxylation is 1. The SMILES string of the molecule is Cc1nc(N2CCC(C)(NC(=O)OC(C)(C)C)CC2)cnc1-c1cccc(Cl)c1Cl. The van der Waals surface area contributed by atoms with E-state index in [1.54, 1.807) is 12.3 Å². The summed E-state index contributed by atoms with van der Waals surface area (Å²) in [5.74, 6) is 0.814. The second-order valence-corrected chi connectivity index (χ2v) is 9.72. The molecule has 0 saturated carbocycles. The van der Waals surface area contributed by atoms with Crippen LogP contribution in [0, 0.1) is 6.92 Å². The molecule has 1 amide bonds. The molecule has 0 bridgehead atoms. The number of ether oxygens (including phenoxy) is 1. The van der Waals surface area contributed by atoms with Crippen molar-refractivity contribution in [1.29, 1.82) is 0 Å². The molecule has 0 radical (unpaired) electrons. The molecule has 1 fully saturated rings. The highest BCUT2D eigenvalue weighted by Gasteiger charge is 2.33. The minimum absolute atomic E-state index is 0.310. The van der Waals surface area contributed by atoms with Crippen LogP contribution in [-0.2, 0) is 4.74 Å². The van der Waals surface area contributed by atoms with Crippen molar-refractivity contribution in [3.63, 3.8) is 0 Å². The third kappa shape index (κ3) is 5.35. The number of nitrogens with one attached hydrogen (secondary N) is 1. The summed E-state index contributed by atoms with van der Waals surface area (Å²) in [5.41, 5.74) is 1.46. The van der Waals surface area contributed by atoms with Crippen LogP contribution in [0.5, 0.6) is 0 Å². The molecule has 30 heavy (non-hydrogen) atoms. The molecule has 2 aromatic rings. The molecule has 1 aromatic carbocycles.